The van der Waals surface area contributed by atoms with Crippen LogP contribution in [0.2, 0.25) is 5.02 Å². The van der Waals surface area contributed by atoms with Crippen LogP contribution in [-0.2, 0) is 4.79 Å². The number of hydrogen-bond acceptors (Lipinski definition) is 3. The zero-order valence-corrected chi connectivity index (χ0v) is 11.2. The highest BCUT2D eigenvalue weighted by atomic mass is 35.5. The first-order valence-electron chi connectivity index (χ1n) is 6.68. The lowest BCUT2D eigenvalue weighted by molar-refractivity contribution is -0.146. The lowest BCUT2D eigenvalue weighted by Crippen LogP contribution is -2.69. The average Bonchev–Trinajstić information content (AvgIpc) is 2.38. The monoisotopic (exact) mass is 278 g/mol. The number of carbonyl (C=O) groups is 1. The molecule has 3 heterocycles. The second-order valence-corrected chi connectivity index (χ2v) is 6.03. The minimum absolute atomic E-state index is 0.0776. The lowest BCUT2D eigenvalue weighted by atomic mass is 9.69. The van der Waals surface area contributed by atoms with Gasteiger partial charge in [0.05, 0.1) is 0 Å². The molecule has 4 nitrogen and oxygen atoms in total. The van der Waals surface area contributed by atoms with Crippen molar-refractivity contribution in [2.45, 2.75) is 24.5 Å². The van der Waals surface area contributed by atoms with Gasteiger partial charge in [0, 0.05) is 42.8 Å². The molecule has 19 heavy (non-hydrogen) atoms. The van der Waals surface area contributed by atoms with Crippen molar-refractivity contribution in [2.75, 3.05) is 13.1 Å². The molecule has 2 fully saturated rings. The van der Waals surface area contributed by atoms with Gasteiger partial charge in [-0.2, -0.15) is 0 Å². The maximum Gasteiger partial charge on any atom is 0.223 e. The molecule has 0 aliphatic carbocycles. The van der Waals surface area contributed by atoms with E-state index in [1.54, 1.807) is 0 Å². The first kappa shape index (κ1) is 11.6. The number of ether oxygens (including phenoxy) is 1. The Morgan fingerprint density at radius 2 is 2.32 bits per heavy atom. The summed E-state index contributed by atoms with van der Waals surface area (Å²) >= 11 is 6.09. The zero-order valence-electron chi connectivity index (χ0n) is 10.4. The van der Waals surface area contributed by atoms with Crippen LogP contribution in [-0.4, -0.2) is 24.7 Å². The Labute approximate surface area is 116 Å². The van der Waals surface area contributed by atoms with Crippen LogP contribution in [0, 0.1) is 5.92 Å². The van der Waals surface area contributed by atoms with Gasteiger partial charge in [-0.05, 0) is 23.8 Å². The van der Waals surface area contributed by atoms with Gasteiger partial charge in [0.2, 0.25) is 5.91 Å². The van der Waals surface area contributed by atoms with Gasteiger partial charge in [0.1, 0.15) is 5.75 Å². The Balaban J connectivity index is 1.88. The van der Waals surface area contributed by atoms with Gasteiger partial charge in [0.15, 0.2) is 5.72 Å². The number of amides is 1. The molecule has 3 aliphatic heterocycles. The number of piperidine rings is 2. The van der Waals surface area contributed by atoms with Crippen LogP contribution in [0.3, 0.4) is 0 Å². The molecule has 0 unspecified atom stereocenters. The number of hydrogen-bond donors (Lipinski definition) is 2. The van der Waals surface area contributed by atoms with Crippen LogP contribution in [0.15, 0.2) is 18.2 Å². The Morgan fingerprint density at radius 3 is 3.21 bits per heavy atom. The van der Waals surface area contributed by atoms with E-state index in [0.717, 1.165) is 30.8 Å². The van der Waals surface area contributed by atoms with Crippen molar-refractivity contribution >= 4 is 17.5 Å². The molecule has 0 saturated carbocycles. The van der Waals surface area contributed by atoms with Gasteiger partial charge in [-0.1, -0.05) is 11.6 Å². The highest BCUT2D eigenvalue weighted by Crippen LogP contribution is 2.50. The SMILES string of the molecule is O=C1C[C@H]2c3cc(Cl)ccc3O[C@@]3(CCNC[C@H]23)N1. The molecular formula is C14H15ClN2O2. The predicted octanol–water partition coefficient (Wildman–Crippen LogP) is 1.64. The maximum absolute atomic E-state index is 12.0. The number of nitrogens with one attached hydrogen (secondary N) is 2. The smallest absolute Gasteiger partial charge is 0.223 e. The van der Waals surface area contributed by atoms with Gasteiger partial charge < -0.3 is 15.4 Å². The summed E-state index contributed by atoms with van der Waals surface area (Å²) in [6.45, 7) is 1.74. The van der Waals surface area contributed by atoms with Gasteiger partial charge in [-0.15, -0.1) is 0 Å². The second-order valence-electron chi connectivity index (χ2n) is 5.59. The number of rotatable bonds is 0. The van der Waals surface area contributed by atoms with Crippen LogP contribution in [0.1, 0.15) is 24.3 Å². The number of fused-ring (bicyclic) bond motifs is 2. The van der Waals surface area contributed by atoms with Crippen molar-refractivity contribution in [3.63, 3.8) is 0 Å². The van der Waals surface area contributed by atoms with Crippen LogP contribution in [0.25, 0.3) is 0 Å². The van der Waals surface area contributed by atoms with Crippen LogP contribution < -0.4 is 15.4 Å². The van der Waals surface area contributed by atoms with E-state index in [9.17, 15) is 4.79 Å². The highest BCUT2D eigenvalue weighted by Gasteiger charge is 2.55. The molecule has 5 heteroatoms. The number of benzene rings is 1. The Kier molecular flexibility index (Phi) is 2.35. The maximum atomic E-state index is 12.0. The third-order valence-electron chi connectivity index (χ3n) is 4.54. The van der Waals surface area contributed by atoms with E-state index in [0.29, 0.717) is 11.4 Å². The molecular weight excluding hydrogens is 264 g/mol. The standard InChI is InChI=1S/C14H15ClN2O2/c15-8-1-2-12-10(5-8)9-6-13(18)17-14(19-12)3-4-16-7-11(9)14/h1-2,5,9,11,16H,3-4,6-7H2,(H,17,18)/t9-,11+,14+/m0/s1. The number of halogens is 1. The first-order valence-corrected chi connectivity index (χ1v) is 7.06. The molecule has 2 saturated heterocycles. The topological polar surface area (TPSA) is 50.4 Å². The molecule has 0 radical (unpaired) electrons. The minimum Gasteiger partial charge on any atom is -0.467 e. The molecule has 1 aromatic carbocycles. The summed E-state index contributed by atoms with van der Waals surface area (Å²) in [6, 6.07) is 5.71. The van der Waals surface area contributed by atoms with Gasteiger partial charge >= 0.3 is 0 Å². The zero-order chi connectivity index (χ0) is 13.0. The lowest BCUT2D eigenvalue weighted by Gasteiger charge is -2.54. The normalized spacial score (nSPS) is 35.7. The van der Waals surface area contributed by atoms with Crippen molar-refractivity contribution in [1.29, 1.82) is 0 Å². The molecule has 1 amide bonds. The van der Waals surface area contributed by atoms with Crippen LogP contribution in [0.5, 0.6) is 5.75 Å². The Bertz CT molecular complexity index is 562. The summed E-state index contributed by atoms with van der Waals surface area (Å²) in [4.78, 5) is 12.0. The number of carbonyl (C=O) groups excluding carboxylic acids is 1. The third-order valence-corrected chi connectivity index (χ3v) is 4.78. The van der Waals surface area contributed by atoms with E-state index < -0.39 is 5.72 Å². The van der Waals surface area contributed by atoms with Crippen molar-refractivity contribution in [2.24, 2.45) is 5.92 Å². The molecule has 0 aromatic heterocycles. The molecule has 3 aliphatic rings. The van der Waals surface area contributed by atoms with Crippen LogP contribution in [0.4, 0.5) is 0 Å². The Hall–Kier alpha value is -1.26. The van der Waals surface area contributed by atoms with Gasteiger partial charge in [-0.3, -0.25) is 4.79 Å². The van der Waals surface area contributed by atoms with Crippen molar-refractivity contribution in [3.05, 3.63) is 28.8 Å². The van der Waals surface area contributed by atoms with Crippen molar-refractivity contribution < 1.29 is 9.53 Å². The summed E-state index contributed by atoms with van der Waals surface area (Å²) < 4.78 is 6.19. The quantitative estimate of drug-likeness (QED) is 0.759. The summed E-state index contributed by atoms with van der Waals surface area (Å²) in [5.74, 6) is 1.43. The predicted molar refractivity (Wildman–Crippen MR) is 71.3 cm³/mol. The van der Waals surface area contributed by atoms with E-state index >= 15 is 0 Å². The minimum atomic E-state index is -0.522. The third kappa shape index (κ3) is 1.60. The van der Waals surface area contributed by atoms with E-state index in [1.165, 1.54) is 0 Å². The fourth-order valence-electron chi connectivity index (χ4n) is 3.71. The van der Waals surface area contributed by atoms with E-state index in [4.69, 9.17) is 16.3 Å². The molecule has 1 aromatic rings. The molecule has 100 valence electrons. The van der Waals surface area contributed by atoms with E-state index in [1.807, 2.05) is 18.2 Å². The fraction of sp³-hybridized carbons (Fsp3) is 0.500. The molecule has 4 rings (SSSR count). The summed E-state index contributed by atoms with van der Waals surface area (Å²) in [5, 5.41) is 7.19. The van der Waals surface area contributed by atoms with Gasteiger partial charge in [0.25, 0.3) is 0 Å². The molecule has 2 N–H and O–H groups in total. The van der Waals surface area contributed by atoms with E-state index in [-0.39, 0.29) is 17.7 Å². The van der Waals surface area contributed by atoms with Gasteiger partial charge in [-0.25, -0.2) is 0 Å². The summed E-state index contributed by atoms with van der Waals surface area (Å²) in [5.41, 5.74) is 0.554. The highest BCUT2D eigenvalue weighted by molar-refractivity contribution is 6.30. The van der Waals surface area contributed by atoms with Crippen LogP contribution >= 0.6 is 11.6 Å². The summed E-state index contributed by atoms with van der Waals surface area (Å²) in [6.07, 6.45) is 1.33. The second kappa shape index (κ2) is 3.87. The van der Waals surface area contributed by atoms with Crippen molar-refractivity contribution in [3.8, 4) is 5.75 Å². The first-order chi connectivity index (χ1) is 9.18. The average molecular weight is 279 g/mol. The summed E-state index contributed by atoms with van der Waals surface area (Å²) in [7, 11) is 0. The van der Waals surface area contributed by atoms with E-state index in [2.05, 4.69) is 10.6 Å². The largest absolute Gasteiger partial charge is 0.467 e. The fourth-order valence-corrected chi connectivity index (χ4v) is 3.89. The Morgan fingerprint density at radius 1 is 1.42 bits per heavy atom. The van der Waals surface area contributed by atoms with Crippen molar-refractivity contribution in [1.82, 2.24) is 10.6 Å². The molecule has 2 bridgehead atoms. The molecule has 3 atom stereocenters. The molecule has 0 spiro atoms.